The van der Waals surface area contributed by atoms with Gasteiger partial charge < -0.3 is 10.4 Å². The van der Waals surface area contributed by atoms with Crippen LogP contribution in [-0.2, 0) is 0 Å². The molecule has 0 fully saturated rings. The van der Waals surface area contributed by atoms with Gasteiger partial charge in [-0.25, -0.2) is 14.5 Å². The van der Waals surface area contributed by atoms with Gasteiger partial charge in [0.25, 0.3) is 5.91 Å². The minimum atomic E-state index is -1.36. The number of aryl methyl sites for hydroxylation is 1. The van der Waals surface area contributed by atoms with Crippen LogP contribution in [0.4, 0.5) is 16.2 Å². The van der Waals surface area contributed by atoms with Crippen molar-refractivity contribution in [1.29, 1.82) is 10.5 Å². The van der Waals surface area contributed by atoms with E-state index in [2.05, 4.69) is 20.7 Å². The highest BCUT2D eigenvalue weighted by Crippen LogP contribution is 2.29. The van der Waals surface area contributed by atoms with Crippen LogP contribution in [0.1, 0.15) is 27.3 Å². The molecule has 0 aliphatic carbocycles. The van der Waals surface area contributed by atoms with E-state index in [-0.39, 0.29) is 39.2 Å². The lowest BCUT2D eigenvalue weighted by Crippen LogP contribution is -2.20. The van der Waals surface area contributed by atoms with E-state index >= 15 is 0 Å². The predicted octanol–water partition coefficient (Wildman–Crippen LogP) is 3.31. The van der Waals surface area contributed by atoms with Crippen LogP contribution in [0.2, 0.25) is 5.02 Å². The standard InChI is InChI=1S/C19H12ClN7O3/c1-10-5-11(8-21)6-14(24-19(29)30)16(10)25-18(28)15-7-12(9-22)26-27(15)17-13(20)3-2-4-23-17/h2-7,24H,1H3,(H,25,28)(H,29,30). The number of carboxylic acid groups (broad SMARTS) is 1. The van der Waals surface area contributed by atoms with E-state index in [1.54, 1.807) is 19.1 Å². The zero-order valence-corrected chi connectivity index (χ0v) is 16.1. The van der Waals surface area contributed by atoms with Gasteiger partial charge in [0.1, 0.15) is 11.8 Å². The molecule has 2 aromatic heterocycles. The number of hydrogen-bond donors (Lipinski definition) is 3. The van der Waals surface area contributed by atoms with Crippen LogP contribution >= 0.6 is 11.6 Å². The van der Waals surface area contributed by atoms with Gasteiger partial charge in [0.05, 0.1) is 28.0 Å². The zero-order chi connectivity index (χ0) is 21.8. The molecule has 0 atom stereocenters. The number of hydrogen-bond acceptors (Lipinski definition) is 6. The van der Waals surface area contributed by atoms with E-state index in [1.807, 2.05) is 12.1 Å². The van der Waals surface area contributed by atoms with Crippen LogP contribution in [-0.4, -0.2) is 31.9 Å². The quantitative estimate of drug-likeness (QED) is 0.583. The second-order valence-corrected chi connectivity index (χ2v) is 6.37. The third kappa shape index (κ3) is 4.04. The lowest BCUT2D eigenvalue weighted by atomic mass is 10.1. The highest BCUT2D eigenvalue weighted by molar-refractivity contribution is 6.32. The largest absolute Gasteiger partial charge is 0.465 e. The van der Waals surface area contributed by atoms with Gasteiger partial charge in [-0.2, -0.15) is 15.6 Å². The summed E-state index contributed by atoms with van der Waals surface area (Å²) in [5.41, 5.74) is 0.758. The van der Waals surface area contributed by atoms with Crippen molar-refractivity contribution in [2.45, 2.75) is 6.92 Å². The van der Waals surface area contributed by atoms with Gasteiger partial charge in [0.2, 0.25) is 0 Å². The van der Waals surface area contributed by atoms with Crippen molar-refractivity contribution in [2.75, 3.05) is 10.6 Å². The highest BCUT2D eigenvalue weighted by Gasteiger charge is 2.21. The van der Waals surface area contributed by atoms with Crippen LogP contribution in [0.3, 0.4) is 0 Å². The Morgan fingerprint density at radius 3 is 2.60 bits per heavy atom. The summed E-state index contributed by atoms with van der Waals surface area (Å²) in [6.45, 7) is 1.61. The smallest absolute Gasteiger partial charge is 0.409 e. The Hall–Kier alpha value is -4.41. The summed E-state index contributed by atoms with van der Waals surface area (Å²) in [5, 5.41) is 36.4. The fraction of sp³-hybridized carbons (Fsp3) is 0.0526. The molecule has 2 amide bonds. The third-order valence-corrected chi connectivity index (χ3v) is 4.24. The monoisotopic (exact) mass is 421 g/mol. The van der Waals surface area contributed by atoms with Crippen LogP contribution in [0.25, 0.3) is 5.82 Å². The average Bonchev–Trinajstić information content (AvgIpc) is 3.14. The molecule has 148 valence electrons. The third-order valence-electron chi connectivity index (χ3n) is 3.94. The summed E-state index contributed by atoms with van der Waals surface area (Å²) >= 11 is 6.15. The summed E-state index contributed by atoms with van der Waals surface area (Å²) in [4.78, 5) is 28.2. The Morgan fingerprint density at radius 2 is 1.97 bits per heavy atom. The Balaban J connectivity index is 2.07. The fourth-order valence-electron chi connectivity index (χ4n) is 2.70. The minimum Gasteiger partial charge on any atom is -0.465 e. The lowest BCUT2D eigenvalue weighted by Gasteiger charge is -2.15. The van der Waals surface area contributed by atoms with Crippen molar-refractivity contribution in [3.05, 3.63) is 64.1 Å². The molecule has 10 nitrogen and oxygen atoms in total. The normalized spacial score (nSPS) is 10.0. The summed E-state index contributed by atoms with van der Waals surface area (Å²) in [6.07, 6.45) is 0.0908. The average molecular weight is 422 g/mol. The summed E-state index contributed by atoms with van der Waals surface area (Å²) in [5.74, 6) is -0.543. The van der Waals surface area contributed by atoms with E-state index in [1.165, 1.54) is 24.4 Å². The topological polar surface area (TPSA) is 157 Å². The van der Waals surface area contributed by atoms with Crippen LogP contribution < -0.4 is 10.6 Å². The van der Waals surface area contributed by atoms with Crippen molar-refractivity contribution < 1.29 is 14.7 Å². The molecule has 2 heterocycles. The molecular formula is C19H12ClN7O3. The number of pyridine rings is 1. The highest BCUT2D eigenvalue weighted by atomic mass is 35.5. The van der Waals surface area contributed by atoms with Crippen molar-refractivity contribution in [3.63, 3.8) is 0 Å². The van der Waals surface area contributed by atoms with Crippen molar-refractivity contribution in [1.82, 2.24) is 14.8 Å². The first-order valence-corrected chi connectivity index (χ1v) is 8.69. The molecule has 0 saturated heterocycles. The number of amides is 2. The minimum absolute atomic E-state index is 0.0230. The fourth-order valence-corrected chi connectivity index (χ4v) is 2.90. The Bertz CT molecular complexity index is 1250. The molecule has 0 bridgehead atoms. The molecule has 0 aliphatic rings. The van der Waals surface area contributed by atoms with E-state index in [9.17, 15) is 14.9 Å². The molecule has 0 aliphatic heterocycles. The maximum atomic E-state index is 13.0. The number of benzene rings is 1. The van der Waals surface area contributed by atoms with Gasteiger partial charge in [-0.05, 0) is 36.8 Å². The Labute approximate surface area is 175 Å². The second kappa shape index (κ2) is 8.31. The van der Waals surface area contributed by atoms with E-state index < -0.39 is 12.0 Å². The summed E-state index contributed by atoms with van der Waals surface area (Å²) in [6, 6.07) is 11.0. The number of nitriles is 2. The first kappa shape index (κ1) is 20.3. The Kier molecular flexibility index (Phi) is 5.63. The maximum Gasteiger partial charge on any atom is 0.409 e. The van der Waals surface area contributed by atoms with Crippen molar-refractivity contribution >= 4 is 35.0 Å². The molecule has 1 aromatic carbocycles. The van der Waals surface area contributed by atoms with E-state index in [0.717, 1.165) is 4.68 Å². The maximum absolute atomic E-state index is 13.0. The number of carbonyl (C=O) groups excluding carboxylic acids is 1. The number of rotatable bonds is 4. The van der Waals surface area contributed by atoms with Crippen LogP contribution in [0, 0.1) is 29.6 Å². The number of nitrogens with zero attached hydrogens (tertiary/aromatic N) is 5. The van der Waals surface area contributed by atoms with Crippen LogP contribution in [0.15, 0.2) is 36.5 Å². The van der Waals surface area contributed by atoms with E-state index in [4.69, 9.17) is 22.0 Å². The Morgan fingerprint density at radius 1 is 1.20 bits per heavy atom. The number of halogens is 1. The predicted molar refractivity (Wildman–Crippen MR) is 107 cm³/mol. The number of carbonyl (C=O) groups is 2. The van der Waals surface area contributed by atoms with E-state index in [0.29, 0.717) is 5.56 Å². The number of nitrogens with one attached hydrogen (secondary N) is 2. The van der Waals surface area contributed by atoms with Gasteiger partial charge in [-0.3, -0.25) is 10.1 Å². The zero-order valence-electron chi connectivity index (χ0n) is 15.3. The van der Waals surface area contributed by atoms with Gasteiger partial charge in [0, 0.05) is 12.3 Å². The lowest BCUT2D eigenvalue weighted by molar-refractivity contribution is 0.101. The molecule has 3 rings (SSSR count). The van der Waals surface area contributed by atoms with Crippen molar-refractivity contribution in [3.8, 4) is 18.0 Å². The molecule has 0 unspecified atom stereocenters. The summed E-state index contributed by atoms with van der Waals surface area (Å²) in [7, 11) is 0. The molecular weight excluding hydrogens is 410 g/mol. The number of aromatic nitrogens is 3. The second-order valence-electron chi connectivity index (χ2n) is 5.96. The molecule has 0 radical (unpaired) electrons. The first-order chi connectivity index (χ1) is 14.3. The molecule has 0 saturated carbocycles. The molecule has 0 spiro atoms. The van der Waals surface area contributed by atoms with Gasteiger partial charge in [-0.15, -0.1) is 0 Å². The summed E-state index contributed by atoms with van der Waals surface area (Å²) < 4.78 is 1.12. The molecule has 30 heavy (non-hydrogen) atoms. The molecule has 3 N–H and O–H groups in total. The van der Waals surface area contributed by atoms with Crippen molar-refractivity contribution in [2.24, 2.45) is 0 Å². The van der Waals surface area contributed by atoms with Gasteiger partial charge in [-0.1, -0.05) is 11.6 Å². The van der Waals surface area contributed by atoms with Crippen LogP contribution in [0.5, 0.6) is 0 Å². The molecule has 3 aromatic rings. The first-order valence-electron chi connectivity index (χ1n) is 8.31. The molecule has 11 heteroatoms. The number of anilines is 2. The van der Waals surface area contributed by atoms with Gasteiger partial charge in [0.15, 0.2) is 11.5 Å². The van der Waals surface area contributed by atoms with Gasteiger partial charge >= 0.3 is 6.09 Å². The SMILES string of the molecule is Cc1cc(C#N)cc(NC(=O)O)c1NC(=O)c1cc(C#N)nn1-c1ncccc1Cl.